The van der Waals surface area contributed by atoms with Crippen LogP contribution in [0.1, 0.15) is 51.4 Å². The molecule has 1 saturated carbocycles. The SMILES string of the molecule is O=C(CCC1CCCO1)NC1CCC(O)CC1. The van der Waals surface area contributed by atoms with Crippen molar-refractivity contribution in [2.24, 2.45) is 0 Å². The van der Waals surface area contributed by atoms with Gasteiger partial charge in [-0.3, -0.25) is 4.79 Å². The second-order valence-corrected chi connectivity index (χ2v) is 5.25. The first-order valence-corrected chi connectivity index (χ1v) is 6.83. The summed E-state index contributed by atoms with van der Waals surface area (Å²) >= 11 is 0. The Morgan fingerprint density at radius 3 is 2.65 bits per heavy atom. The predicted molar refractivity (Wildman–Crippen MR) is 64.6 cm³/mol. The molecule has 2 fully saturated rings. The zero-order chi connectivity index (χ0) is 12.1. The molecule has 0 spiro atoms. The normalized spacial score (nSPS) is 33.6. The van der Waals surface area contributed by atoms with Gasteiger partial charge < -0.3 is 15.2 Å². The van der Waals surface area contributed by atoms with Crippen molar-refractivity contribution < 1.29 is 14.6 Å². The molecule has 1 saturated heterocycles. The van der Waals surface area contributed by atoms with Gasteiger partial charge in [0, 0.05) is 19.1 Å². The number of carbonyl (C=O) groups is 1. The Morgan fingerprint density at radius 2 is 2.00 bits per heavy atom. The van der Waals surface area contributed by atoms with Gasteiger partial charge in [0.2, 0.25) is 5.91 Å². The summed E-state index contributed by atoms with van der Waals surface area (Å²) in [4.78, 5) is 11.7. The number of carbonyl (C=O) groups excluding carboxylic acids is 1. The number of hydrogen-bond donors (Lipinski definition) is 2. The fourth-order valence-corrected chi connectivity index (χ4v) is 2.68. The molecule has 98 valence electrons. The summed E-state index contributed by atoms with van der Waals surface area (Å²) < 4.78 is 5.49. The van der Waals surface area contributed by atoms with Gasteiger partial charge in [-0.1, -0.05) is 0 Å². The summed E-state index contributed by atoms with van der Waals surface area (Å²) in [7, 11) is 0. The maximum atomic E-state index is 11.7. The van der Waals surface area contributed by atoms with Gasteiger partial charge in [0.1, 0.15) is 0 Å². The Balaban J connectivity index is 1.60. The first kappa shape index (κ1) is 12.8. The lowest BCUT2D eigenvalue weighted by Crippen LogP contribution is -2.38. The quantitative estimate of drug-likeness (QED) is 0.781. The number of hydrogen-bond acceptors (Lipinski definition) is 3. The highest BCUT2D eigenvalue weighted by atomic mass is 16.5. The Morgan fingerprint density at radius 1 is 1.24 bits per heavy atom. The van der Waals surface area contributed by atoms with Crippen molar-refractivity contribution in [1.29, 1.82) is 0 Å². The monoisotopic (exact) mass is 241 g/mol. The van der Waals surface area contributed by atoms with Gasteiger partial charge in [-0.25, -0.2) is 0 Å². The van der Waals surface area contributed by atoms with E-state index in [0.717, 1.165) is 51.6 Å². The molecule has 1 aliphatic carbocycles. The van der Waals surface area contributed by atoms with E-state index in [1.165, 1.54) is 0 Å². The Hall–Kier alpha value is -0.610. The van der Waals surface area contributed by atoms with Gasteiger partial charge in [0.25, 0.3) is 0 Å². The van der Waals surface area contributed by atoms with Crippen LogP contribution < -0.4 is 5.32 Å². The summed E-state index contributed by atoms with van der Waals surface area (Å²) in [5.41, 5.74) is 0. The maximum Gasteiger partial charge on any atom is 0.220 e. The zero-order valence-electron chi connectivity index (χ0n) is 10.4. The minimum Gasteiger partial charge on any atom is -0.393 e. The van der Waals surface area contributed by atoms with Crippen LogP contribution in [0.5, 0.6) is 0 Å². The molecule has 2 N–H and O–H groups in total. The smallest absolute Gasteiger partial charge is 0.220 e. The highest BCUT2D eigenvalue weighted by Crippen LogP contribution is 2.19. The molecule has 17 heavy (non-hydrogen) atoms. The van der Waals surface area contributed by atoms with E-state index < -0.39 is 0 Å². The molecule has 4 nitrogen and oxygen atoms in total. The standard InChI is InChI=1S/C13H23NO3/c15-11-5-3-10(4-6-11)14-13(16)8-7-12-2-1-9-17-12/h10-12,15H,1-9H2,(H,14,16). The van der Waals surface area contributed by atoms with E-state index >= 15 is 0 Å². The topological polar surface area (TPSA) is 58.6 Å². The van der Waals surface area contributed by atoms with Gasteiger partial charge >= 0.3 is 0 Å². The van der Waals surface area contributed by atoms with Crippen molar-refractivity contribution in [1.82, 2.24) is 5.32 Å². The second kappa shape index (κ2) is 6.36. The van der Waals surface area contributed by atoms with Crippen molar-refractivity contribution in [3.05, 3.63) is 0 Å². The highest BCUT2D eigenvalue weighted by molar-refractivity contribution is 5.76. The molecule has 0 aromatic heterocycles. The van der Waals surface area contributed by atoms with Crippen LogP contribution in [-0.4, -0.2) is 35.9 Å². The van der Waals surface area contributed by atoms with Crippen molar-refractivity contribution >= 4 is 5.91 Å². The molecule has 0 aromatic rings. The lowest BCUT2D eigenvalue weighted by Gasteiger charge is -2.26. The fraction of sp³-hybridized carbons (Fsp3) is 0.923. The Labute approximate surface area is 103 Å². The second-order valence-electron chi connectivity index (χ2n) is 5.25. The largest absolute Gasteiger partial charge is 0.393 e. The average Bonchev–Trinajstić information content (AvgIpc) is 2.83. The van der Waals surface area contributed by atoms with E-state index in [4.69, 9.17) is 4.74 Å². The predicted octanol–water partition coefficient (Wildman–Crippen LogP) is 1.37. The molecule has 2 rings (SSSR count). The summed E-state index contributed by atoms with van der Waals surface area (Å²) in [5.74, 6) is 0.141. The van der Waals surface area contributed by atoms with Crippen LogP contribution in [0.25, 0.3) is 0 Å². The van der Waals surface area contributed by atoms with E-state index in [1.54, 1.807) is 0 Å². The number of amides is 1. The van der Waals surface area contributed by atoms with Crippen LogP contribution in [0.15, 0.2) is 0 Å². The van der Waals surface area contributed by atoms with Crippen LogP contribution in [0, 0.1) is 0 Å². The van der Waals surface area contributed by atoms with Gasteiger partial charge in [0.05, 0.1) is 12.2 Å². The molecule has 4 heteroatoms. The lowest BCUT2D eigenvalue weighted by atomic mass is 9.93. The molecule has 1 aliphatic heterocycles. The molecular formula is C13H23NO3. The minimum absolute atomic E-state index is 0.141. The molecule has 2 aliphatic rings. The van der Waals surface area contributed by atoms with Crippen molar-refractivity contribution in [3.63, 3.8) is 0 Å². The van der Waals surface area contributed by atoms with Gasteiger partial charge in [-0.2, -0.15) is 0 Å². The van der Waals surface area contributed by atoms with Crippen LogP contribution in [-0.2, 0) is 9.53 Å². The summed E-state index contributed by atoms with van der Waals surface area (Å²) in [6.07, 6.45) is 7.25. The number of rotatable bonds is 4. The third-order valence-corrected chi connectivity index (χ3v) is 3.78. The van der Waals surface area contributed by atoms with Crippen molar-refractivity contribution in [3.8, 4) is 0 Å². The van der Waals surface area contributed by atoms with E-state index in [-0.39, 0.29) is 18.1 Å². The first-order valence-electron chi connectivity index (χ1n) is 6.83. The maximum absolute atomic E-state index is 11.7. The third-order valence-electron chi connectivity index (χ3n) is 3.78. The number of aliphatic hydroxyl groups excluding tert-OH is 1. The molecular weight excluding hydrogens is 218 g/mol. The lowest BCUT2D eigenvalue weighted by molar-refractivity contribution is -0.122. The van der Waals surface area contributed by atoms with E-state index in [1.807, 2.05) is 0 Å². The number of aliphatic hydroxyl groups is 1. The Bertz CT molecular complexity index is 243. The van der Waals surface area contributed by atoms with Crippen LogP contribution in [0.4, 0.5) is 0 Å². The van der Waals surface area contributed by atoms with Gasteiger partial charge in [-0.15, -0.1) is 0 Å². The van der Waals surface area contributed by atoms with E-state index in [9.17, 15) is 9.90 Å². The van der Waals surface area contributed by atoms with Crippen LogP contribution in [0.3, 0.4) is 0 Å². The van der Waals surface area contributed by atoms with Gasteiger partial charge in [-0.05, 0) is 44.9 Å². The highest BCUT2D eigenvalue weighted by Gasteiger charge is 2.21. The molecule has 1 unspecified atom stereocenters. The molecule has 0 radical (unpaired) electrons. The molecule has 1 heterocycles. The van der Waals surface area contributed by atoms with Crippen LogP contribution in [0.2, 0.25) is 0 Å². The Kier molecular flexibility index (Phi) is 4.80. The number of ether oxygens (including phenoxy) is 1. The molecule has 1 atom stereocenters. The van der Waals surface area contributed by atoms with E-state index in [0.29, 0.717) is 12.5 Å². The summed E-state index contributed by atoms with van der Waals surface area (Å²) in [6, 6.07) is 0.274. The minimum atomic E-state index is -0.157. The molecule has 1 amide bonds. The third kappa shape index (κ3) is 4.28. The molecule has 0 bridgehead atoms. The summed E-state index contributed by atoms with van der Waals surface area (Å²) in [6.45, 7) is 0.854. The summed E-state index contributed by atoms with van der Waals surface area (Å²) in [5, 5.41) is 12.4. The fourth-order valence-electron chi connectivity index (χ4n) is 2.68. The van der Waals surface area contributed by atoms with E-state index in [2.05, 4.69) is 5.32 Å². The first-order chi connectivity index (χ1) is 8.24. The molecule has 0 aromatic carbocycles. The van der Waals surface area contributed by atoms with Crippen molar-refractivity contribution in [2.75, 3.05) is 6.61 Å². The zero-order valence-corrected chi connectivity index (χ0v) is 10.4. The van der Waals surface area contributed by atoms with Crippen molar-refractivity contribution in [2.45, 2.75) is 69.6 Å². The van der Waals surface area contributed by atoms with Gasteiger partial charge in [0.15, 0.2) is 0 Å². The average molecular weight is 241 g/mol. The number of nitrogens with one attached hydrogen (secondary N) is 1. The van der Waals surface area contributed by atoms with Crippen LogP contribution >= 0.6 is 0 Å².